The van der Waals surface area contributed by atoms with Gasteiger partial charge in [0.05, 0.1) is 18.3 Å². The molecule has 24 heavy (non-hydrogen) atoms. The zero-order chi connectivity index (χ0) is 17.1. The van der Waals surface area contributed by atoms with E-state index in [1.54, 1.807) is 24.5 Å². The van der Waals surface area contributed by atoms with Crippen molar-refractivity contribution in [2.75, 3.05) is 7.05 Å². The summed E-state index contributed by atoms with van der Waals surface area (Å²) in [4.78, 5) is 9.77. The van der Waals surface area contributed by atoms with Crippen LogP contribution in [0.5, 0.6) is 0 Å². The van der Waals surface area contributed by atoms with Crippen LogP contribution in [0.4, 0.5) is 0 Å². The topological polar surface area (TPSA) is 53.7 Å². The minimum atomic E-state index is -0.00791. The lowest BCUT2D eigenvalue weighted by Crippen LogP contribution is -2.38. The van der Waals surface area contributed by atoms with E-state index in [2.05, 4.69) is 20.6 Å². The number of fused-ring (bicyclic) bond motifs is 1. The van der Waals surface area contributed by atoms with Crippen LogP contribution < -0.4 is 10.6 Å². The molecule has 1 atom stereocenters. The van der Waals surface area contributed by atoms with Crippen LogP contribution in [0.3, 0.4) is 0 Å². The Kier molecular flexibility index (Phi) is 5.28. The van der Waals surface area contributed by atoms with Crippen molar-refractivity contribution < 1.29 is 0 Å². The molecule has 126 valence electrons. The highest BCUT2D eigenvalue weighted by atomic mass is 35.5. The van der Waals surface area contributed by atoms with Gasteiger partial charge >= 0.3 is 0 Å². The number of hydrogen-bond acceptors (Lipinski definition) is 3. The van der Waals surface area contributed by atoms with E-state index in [4.69, 9.17) is 23.2 Å². The van der Waals surface area contributed by atoms with E-state index in [0.717, 1.165) is 16.2 Å². The predicted octanol–water partition coefficient (Wildman–Crippen LogP) is 4.13. The molecule has 0 amide bonds. The lowest BCUT2D eigenvalue weighted by Gasteiger charge is -2.19. The first-order chi connectivity index (χ1) is 11.6. The number of thiazole rings is 1. The van der Waals surface area contributed by atoms with Gasteiger partial charge in [0.25, 0.3) is 0 Å². The standard InChI is InChI=1S/C16H17Cl2N5S/c1-10(13-4-3-11(17)7-14(13)18)21-15(19-2)20-8-12-9-23-5-6-24-16(23)22-12/h3-7,9-10H,8H2,1-2H3,(H2,19,20,21). The molecule has 0 saturated carbocycles. The average molecular weight is 382 g/mol. The molecule has 0 fully saturated rings. The summed E-state index contributed by atoms with van der Waals surface area (Å²) in [7, 11) is 1.73. The second kappa shape index (κ2) is 7.42. The molecule has 0 bridgehead atoms. The Morgan fingerprint density at radius 1 is 1.42 bits per heavy atom. The number of imidazole rings is 1. The lowest BCUT2D eigenvalue weighted by atomic mass is 10.1. The van der Waals surface area contributed by atoms with Crippen LogP contribution in [0.2, 0.25) is 10.0 Å². The van der Waals surface area contributed by atoms with Crippen molar-refractivity contribution >= 4 is 45.5 Å². The summed E-state index contributed by atoms with van der Waals surface area (Å²) in [5.41, 5.74) is 1.92. The summed E-state index contributed by atoms with van der Waals surface area (Å²) in [6.07, 6.45) is 4.00. The van der Waals surface area contributed by atoms with Crippen LogP contribution in [-0.2, 0) is 6.54 Å². The molecule has 0 spiro atoms. The molecule has 2 heterocycles. The van der Waals surface area contributed by atoms with Gasteiger partial charge in [0.15, 0.2) is 10.9 Å². The third kappa shape index (κ3) is 3.83. The Hall–Kier alpha value is -1.76. The van der Waals surface area contributed by atoms with Gasteiger partial charge < -0.3 is 10.6 Å². The van der Waals surface area contributed by atoms with Crippen molar-refractivity contribution in [3.05, 3.63) is 57.3 Å². The summed E-state index contributed by atoms with van der Waals surface area (Å²) in [5, 5.41) is 9.85. The van der Waals surface area contributed by atoms with Gasteiger partial charge in [0.2, 0.25) is 0 Å². The van der Waals surface area contributed by atoms with Crippen molar-refractivity contribution in [2.45, 2.75) is 19.5 Å². The Bertz CT molecular complexity index is 842. The molecule has 0 radical (unpaired) electrons. The van der Waals surface area contributed by atoms with Crippen LogP contribution in [0.1, 0.15) is 24.2 Å². The fourth-order valence-corrected chi connectivity index (χ4v) is 3.66. The second-order valence-electron chi connectivity index (χ2n) is 5.28. The average Bonchev–Trinajstić information content (AvgIpc) is 3.12. The number of hydrogen-bond donors (Lipinski definition) is 2. The molecule has 1 unspecified atom stereocenters. The van der Waals surface area contributed by atoms with E-state index in [0.29, 0.717) is 22.5 Å². The minimum Gasteiger partial charge on any atom is -0.351 e. The summed E-state index contributed by atoms with van der Waals surface area (Å²) in [6, 6.07) is 5.48. The van der Waals surface area contributed by atoms with Gasteiger partial charge in [-0.2, -0.15) is 0 Å². The maximum Gasteiger partial charge on any atom is 0.193 e. The first-order valence-corrected chi connectivity index (χ1v) is 9.03. The number of benzene rings is 1. The Morgan fingerprint density at radius 3 is 2.96 bits per heavy atom. The molecule has 3 rings (SSSR count). The number of halogens is 2. The van der Waals surface area contributed by atoms with E-state index in [-0.39, 0.29) is 6.04 Å². The van der Waals surface area contributed by atoms with Crippen LogP contribution in [0.15, 0.2) is 41.0 Å². The maximum absolute atomic E-state index is 6.26. The third-order valence-electron chi connectivity index (χ3n) is 3.59. The summed E-state index contributed by atoms with van der Waals surface area (Å²) < 4.78 is 2.01. The summed E-state index contributed by atoms with van der Waals surface area (Å²) in [6.45, 7) is 2.61. The van der Waals surface area contributed by atoms with Gasteiger partial charge in [-0.3, -0.25) is 9.39 Å². The SMILES string of the molecule is CN=C(NCc1cn2ccsc2n1)NC(C)c1ccc(Cl)cc1Cl. The smallest absolute Gasteiger partial charge is 0.193 e. The molecular weight excluding hydrogens is 365 g/mol. The van der Waals surface area contributed by atoms with E-state index < -0.39 is 0 Å². The number of nitrogens with zero attached hydrogens (tertiary/aromatic N) is 3. The number of nitrogens with one attached hydrogen (secondary N) is 2. The molecule has 3 aromatic rings. The number of aromatic nitrogens is 2. The largest absolute Gasteiger partial charge is 0.351 e. The molecule has 5 nitrogen and oxygen atoms in total. The van der Waals surface area contributed by atoms with Crippen LogP contribution >= 0.6 is 34.5 Å². The van der Waals surface area contributed by atoms with Crippen molar-refractivity contribution in [3.63, 3.8) is 0 Å². The molecular formula is C16H17Cl2N5S. The van der Waals surface area contributed by atoms with E-state index >= 15 is 0 Å². The summed E-state index contributed by atoms with van der Waals surface area (Å²) >= 11 is 13.8. The van der Waals surface area contributed by atoms with Crippen LogP contribution in [0, 0.1) is 0 Å². The normalized spacial score (nSPS) is 13.2. The van der Waals surface area contributed by atoms with Crippen LogP contribution in [-0.4, -0.2) is 22.4 Å². The Morgan fingerprint density at radius 2 is 2.25 bits per heavy atom. The van der Waals surface area contributed by atoms with Crippen molar-refractivity contribution in [2.24, 2.45) is 4.99 Å². The maximum atomic E-state index is 6.26. The van der Waals surface area contributed by atoms with Crippen molar-refractivity contribution in [3.8, 4) is 0 Å². The first-order valence-electron chi connectivity index (χ1n) is 7.40. The van der Waals surface area contributed by atoms with E-state index in [1.165, 1.54) is 0 Å². The molecule has 8 heteroatoms. The highest BCUT2D eigenvalue weighted by Gasteiger charge is 2.12. The monoisotopic (exact) mass is 381 g/mol. The molecule has 0 aliphatic carbocycles. The van der Waals surface area contributed by atoms with Gasteiger partial charge in [-0.25, -0.2) is 4.98 Å². The second-order valence-corrected chi connectivity index (χ2v) is 7.00. The number of guanidine groups is 1. The first kappa shape index (κ1) is 17.1. The fourth-order valence-electron chi connectivity index (χ4n) is 2.37. The predicted molar refractivity (Wildman–Crippen MR) is 101 cm³/mol. The molecule has 0 aliphatic rings. The van der Waals surface area contributed by atoms with Crippen molar-refractivity contribution in [1.82, 2.24) is 20.0 Å². The zero-order valence-corrected chi connectivity index (χ0v) is 15.6. The third-order valence-corrected chi connectivity index (χ3v) is 4.92. The zero-order valence-electron chi connectivity index (χ0n) is 13.3. The van der Waals surface area contributed by atoms with E-state index in [9.17, 15) is 0 Å². The molecule has 2 N–H and O–H groups in total. The molecule has 0 aliphatic heterocycles. The quantitative estimate of drug-likeness (QED) is 0.527. The lowest BCUT2D eigenvalue weighted by molar-refractivity contribution is 0.683. The Labute approximate surface area is 154 Å². The van der Waals surface area contributed by atoms with Gasteiger partial charge in [-0.15, -0.1) is 11.3 Å². The molecule has 2 aromatic heterocycles. The van der Waals surface area contributed by atoms with Gasteiger partial charge in [-0.05, 0) is 24.6 Å². The van der Waals surface area contributed by atoms with Crippen LogP contribution in [0.25, 0.3) is 4.96 Å². The highest BCUT2D eigenvalue weighted by molar-refractivity contribution is 7.15. The minimum absolute atomic E-state index is 0.00791. The highest BCUT2D eigenvalue weighted by Crippen LogP contribution is 2.26. The molecule has 1 aromatic carbocycles. The van der Waals surface area contributed by atoms with Gasteiger partial charge in [0.1, 0.15) is 0 Å². The Balaban J connectivity index is 1.62. The van der Waals surface area contributed by atoms with Gasteiger partial charge in [0, 0.05) is 34.9 Å². The fraction of sp³-hybridized carbons (Fsp3) is 0.250. The number of rotatable bonds is 4. The number of aliphatic imine (C=N–C) groups is 1. The molecule has 0 saturated heterocycles. The van der Waals surface area contributed by atoms with E-state index in [1.807, 2.05) is 41.2 Å². The van der Waals surface area contributed by atoms with Gasteiger partial charge in [-0.1, -0.05) is 29.3 Å². The summed E-state index contributed by atoms with van der Waals surface area (Å²) in [5.74, 6) is 0.685. The van der Waals surface area contributed by atoms with Crippen molar-refractivity contribution in [1.29, 1.82) is 0 Å².